The van der Waals surface area contributed by atoms with Crippen molar-refractivity contribution in [2.75, 3.05) is 0 Å². The van der Waals surface area contributed by atoms with Crippen molar-refractivity contribution in [3.05, 3.63) is 0 Å². The Balaban J connectivity index is 2.20. The fourth-order valence-corrected chi connectivity index (χ4v) is 1.91. The SMILES string of the molecule is N#CC1CCC2CC1C(=O)O2. The number of nitrogens with zero attached hydrogens (tertiary/aromatic N) is 1. The minimum atomic E-state index is -0.154. The summed E-state index contributed by atoms with van der Waals surface area (Å²) in [5, 5.41) is 8.67. The van der Waals surface area contributed by atoms with Crippen LogP contribution in [0.25, 0.3) is 0 Å². The molecule has 3 unspecified atom stereocenters. The first-order chi connectivity index (χ1) is 5.31. The minimum Gasteiger partial charge on any atom is -0.462 e. The van der Waals surface area contributed by atoms with Gasteiger partial charge in [0.15, 0.2) is 0 Å². The quantitative estimate of drug-likeness (QED) is 0.482. The van der Waals surface area contributed by atoms with Crippen LogP contribution in [0.15, 0.2) is 0 Å². The van der Waals surface area contributed by atoms with Gasteiger partial charge >= 0.3 is 5.97 Å². The maximum atomic E-state index is 11.1. The summed E-state index contributed by atoms with van der Waals surface area (Å²) in [6.07, 6.45) is 2.60. The van der Waals surface area contributed by atoms with E-state index in [1.54, 1.807) is 0 Å². The van der Waals surface area contributed by atoms with E-state index in [2.05, 4.69) is 6.07 Å². The van der Waals surface area contributed by atoms with Crippen LogP contribution in [-0.2, 0) is 9.53 Å². The van der Waals surface area contributed by atoms with Crippen molar-refractivity contribution in [2.24, 2.45) is 11.8 Å². The van der Waals surface area contributed by atoms with E-state index in [-0.39, 0.29) is 23.9 Å². The molecule has 0 amide bonds. The second-order valence-electron chi connectivity index (χ2n) is 3.21. The number of rotatable bonds is 0. The molecule has 1 saturated carbocycles. The molecule has 2 fully saturated rings. The Hall–Kier alpha value is -1.04. The fraction of sp³-hybridized carbons (Fsp3) is 0.750. The molecule has 3 heteroatoms. The standard InChI is InChI=1S/C8H9NO2/c9-4-5-1-2-6-3-7(5)8(10)11-6/h5-7H,1-3H2. The van der Waals surface area contributed by atoms with Crippen molar-refractivity contribution in [3.63, 3.8) is 0 Å². The molecule has 0 N–H and O–H groups in total. The average Bonchev–Trinajstić information content (AvgIpc) is 2.30. The largest absolute Gasteiger partial charge is 0.462 e. The Kier molecular flexibility index (Phi) is 1.35. The smallest absolute Gasteiger partial charge is 0.310 e. The molecule has 58 valence electrons. The van der Waals surface area contributed by atoms with Crippen LogP contribution in [0.2, 0.25) is 0 Å². The summed E-state index contributed by atoms with van der Waals surface area (Å²) >= 11 is 0. The van der Waals surface area contributed by atoms with Crippen LogP contribution in [0.1, 0.15) is 19.3 Å². The Morgan fingerprint density at radius 1 is 1.55 bits per heavy atom. The van der Waals surface area contributed by atoms with Gasteiger partial charge in [0.1, 0.15) is 6.10 Å². The molecule has 3 nitrogen and oxygen atoms in total. The molecule has 0 radical (unpaired) electrons. The van der Waals surface area contributed by atoms with E-state index in [1.807, 2.05) is 0 Å². The number of carbonyl (C=O) groups excluding carboxylic acids is 1. The maximum absolute atomic E-state index is 11.1. The van der Waals surface area contributed by atoms with E-state index in [0.717, 1.165) is 19.3 Å². The predicted octanol–water partition coefficient (Wildman–Crippen LogP) is 0.852. The number of hydrogen-bond donors (Lipinski definition) is 0. The van der Waals surface area contributed by atoms with Crippen LogP contribution in [0, 0.1) is 23.2 Å². The molecular weight excluding hydrogens is 142 g/mol. The predicted molar refractivity (Wildman–Crippen MR) is 36.3 cm³/mol. The zero-order valence-electron chi connectivity index (χ0n) is 6.12. The topological polar surface area (TPSA) is 50.1 Å². The summed E-state index contributed by atoms with van der Waals surface area (Å²) in [6.45, 7) is 0. The zero-order chi connectivity index (χ0) is 7.84. The second kappa shape index (κ2) is 2.23. The van der Waals surface area contributed by atoms with Gasteiger partial charge in [-0.25, -0.2) is 0 Å². The summed E-state index contributed by atoms with van der Waals surface area (Å²) in [6, 6.07) is 2.16. The minimum absolute atomic E-state index is 0.0822. The molecule has 0 spiro atoms. The number of nitriles is 1. The van der Waals surface area contributed by atoms with E-state index in [4.69, 9.17) is 10.00 Å². The number of esters is 1. The molecule has 1 aliphatic heterocycles. The van der Waals surface area contributed by atoms with Crippen LogP contribution in [0.5, 0.6) is 0 Å². The van der Waals surface area contributed by atoms with Crippen molar-refractivity contribution in [2.45, 2.75) is 25.4 Å². The van der Waals surface area contributed by atoms with Crippen molar-refractivity contribution < 1.29 is 9.53 Å². The summed E-state index contributed by atoms with van der Waals surface area (Å²) in [7, 11) is 0. The normalized spacial score (nSPS) is 41.4. The van der Waals surface area contributed by atoms with E-state index >= 15 is 0 Å². The highest BCUT2D eigenvalue weighted by Gasteiger charge is 2.43. The third-order valence-corrected chi connectivity index (χ3v) is 2.55. The monoisotopic (exact) mass is 151 g/mol. The lowest BCUT2D eigenvalue weighted by atomic mass is 9.81. The maximum Gasteiger partial charge on any atom is 0.310 e. The van der Waals surface area contributed by atoms with Crippen LogP contribution < -0.4 is 0 Å². The van der Waals surface area contributed by atoms with E-state index in [1.165, 1.54) is 0 Å². The number of hydrogen-bond acceptors (Lipinski definition) is 3. The lowest BCUT2D eigenvalue weighted by Crippen LogP contribution is -2.21. The Morgan fingerprint density at radius 3 is 3.09 bits per heavy atom. The molecule has 0 aromatic rings. The Labute approximate surface area is 64.9 Å². The molecule has 2 aliphatic rings. The highest BCUT2D eigenvalue weighted by molar-refractivity contribution is 5.75. The molecule has 2 bridgehead atoms. The van der Waals surface area contributed by atoms with E-state index < -0.39 is 0 Å². The number of carbonyl (C=O) groups is 1. The van der Waals surface area contributed by atoms with E-state index in [9.17, 15) is 4.79 Å². The van der Waals surface area contributed by atoms with Crippen molar-refractivity contribution in [1.82, 2.24) is 0 Å². The summed E-state index contributed by atoms with van der Waals surface area (Å²) in [5.41, 5.74) is 0. The van der Waals surface area contributed by atoms with Gasteiger partial charge < -0.3 is 4.74 Å². The first-order valence-corrected chi connectivity index (χ1v) is 3.91. The lowest BCUT2D eigenvalue weighted by Gasteiger charge is -2.17. The second-order valence-corrected chi connectivity index (χ2v) is 3.21. The molecule has 1 heterocycles. The summed E-state index contributed by atoms with van der Waals surface area (Å²) in [5.74, 6) is -0.348. The van der Waals surface area contributed by atoms with Gasteiger partial charge in [0, 0.05) is 0 Å². The highest BCUT2D eigenvalue weighted by atomic mass is 16.6. The Bertz CT molecular complexity index is 231. The third-order valence-electron chi connectivity index (χ3n) is 2.55. The molecule has 11 heavy (non-hydrogen) atoms. The van der Waals surface area contributed by atoms with Gasteiger partial charge in [-0.15, -0.1) is 0 Å². The van der Waals surface area contributed by atoms with Gasteiger partial charge in [-0.05, 0) is 19.3 Å². The van der Waals surface area contributed by atoms with Gasteiger partial charge in [0.25, 0.3) is 0 Å². The zero-order valence-corrected chi connectivity index (χ0v) is 6.12. The molecule has 0 aromatic carbocycles. The molecule has 2 rings (SSSR count). The van der Waals surface area contributed by atoms with Gasteiger partial charge in [0.05, 0.1) is 17.9 Å². The summed E-state index contributed by atoms with van der Waals surface area (Å²) < 4.78 is 5.03. The van der Waals surface area contributed by atoms with Crippen LogP contribution in [0.4, 0.5) is 0 Å². The molecule has 0 aromatic heterocycles. The third kappa shape index (κ3) is 0.900. The van der Waals surface area contributed by atoms with Gasteiger partial charge in [-0.1, -0.05) is 0 Å². The van der Waals surface area contributed by atoms with Crippen molar-refractivity contribution in [3.8, 4) is 6.07 Å². The average molecular weight is 151 g/mol. The molecular formula is C8H9NO2. The fourth-order valence-electron chi connectivity index (χ4n) is 1.91. The molecule has 1 saturated heterocycles. The van der Waals surface area contributed by atoms with Crippen molar-refractivity contribution >= 4 is 5.97 Å². The number of ether oxygens (including phenoxy) is 1. The first kappa shape index (κ1) is 6.66. The van der Waals surface area contributed by atoms with Gasteiger partial charge in [-0.3, -0.25) is 4.79 Å². The number of fused-ring (bicyclic) bond motifs is 2. The van der Waals surface area contributed by atoms with Crippen LogP contribution >= 0.6 is 0 Å². The summed E-state index contributed by atoms with van der Waals surface area (Å²) in [4.78, 5) is 11.1. The Morgan fingerprint density at radius 2 is 2.36 bits per heavy atom. The lowest BCUT2D eigenvalue weighted by molar-refractivity contribution is -0.143. The van der Waals surface area contributed by atoms with Gasteiger partial charge in [0.2, 0.25) is 0 Å². The van der Waals surface area contributed by atoms with Gasteiger partial charge in [-0.2, -0.15) is 5.26 Å². The van der Waals surface area contributed by atoms with Crippen LogP contribution in [-0.4, -0.2) is 12.1 Å². The molecule has 1 aliphatic carbocycles. The first-order valence-electron chi connectivity index (χ1n) is 3.91. The van der Waals surface area contributed by atoms with Crippen LogP contribution in [0.3, 0.4) is 0 Å². The highest BCUT2D eigenvalue weighted by Crippen LogP contribution is 2.37. The molecule has 3 atom stereocenters. The van der Waals surface area contributed by atoms with E-state index in [0.29, 0.717) is 0 Å². The van der Waals surface area contributed by atoms with Crippen molar-refractivity contribution in [1.29, 1.82) is 5.26 Å².